The molecule has 0 spiro atoms. The summed E-state index contributed by atoms with van der Waals surface area (Å²) < 4.78 is 19.1. The van der Waals surface area contributed by atoms with Crippen molar-refractivity contribution in [2.75, 3.05) is 4.90 Å². The van der Waals surface area contributed by atoms with Gasteiger partial charge in [-0.15, -0.1) is 0 Å². The van der Waals surface area contributed by atoms with E-state index in [1.165, 1.54) is 21.9 Å². The molecule has 11 aromatic rings. The molecule has 0 aliphatic heterocycles. The van der Waals surface area contributed by atoms with Crippen molar-refractivity contribution in [2.24, 2.45) is 0 Å². The van der Waals surface area contributed by atoms with E-state index in [1.807, 2.05) is 54.6 Å². The van der Waals surface area contributed by atoms with Crippen LogP contribution in [-0.2, 0) is 0 Å². The molecule has 0 N–H and O–H groups in total. The van der Waals surface area contributed by atoms with Gasteiger partial charge in [-0.3, -0.25) is 0 Å². The summed E-state index contributed by atoms with van der Waals surface area (Å²) in [5.41, 5.74) is 11.2. The molecule has 5 nitrogen and oxygen atoms in total. The average molecular weight is 669 g/mol. The number of aromatic nitrogens is 1. The van der Waals surface area contributed by atoms with Gasteiger partial charge >= 0.3 is 0 Å². The van der Waals surface area contributed by atoms with Gasteiger partial charge in [0.25, 0.3) is 0 Å². The van der Waals surface area contributed by atoms with Crippen molar-refractivity contribution in [2.45, 2.75) is 0 Å². The molecule has 244 valence electrons. The molecule has 0 unspecified atom stereocenters. The minimum atomic E-state index is 0.575. The molecule has 0 fully saturated rings. The third-order valence-electron chi connectivity index (χ3n) is 10.1. The van der Waals surface area contributed by atoms with E-state index >= 15 is 0 Å². The van der Waals surface area contributed by atoms with Gasteiger partial charge in [-0.25, -0.2) is 4.98 Å². The summed E-state index contributed by atoms with van der Waals surface area (Å²) in [6.07, 6.45) is 0. The number of hydrogen-bond acceptors (Lipinski definition) is 5. The van der Waals surface area contributed by atoms with E-state index in [1.54, 1.807) is 0 Å². The molecule has 0 atom stereocenters. The fourth-order valence-corrected chi connectivity index (χ4v) is 7.69. The minimum absolute atomic E-state index is 0.575. The maximum absolute atomic E-state index is 6.60. The van der Waals surface area contributed by atoms with Crippen molar-refractivity contribution in [1.29, 1.82) is 0 Å². The van der Waals surface area contributed by atoms with Gasteiger partial charge in [0.1, 0.15) is 27.8 Å². The molecule has 0 bridgehead atoms. The standard InChI is InChI=1S/C47H28N2O3/c1-2-10-29(11-3-1)34-14-8-12-30-20-21-31(26-38(30)34)49(32-23-25-42-39(27-32)35-13-4-6-17-41(35)50-42)33-22-24-36-45(28-33)51-44-19-9-15-37(46(36)44)47-48-40-16-5-7-18-43(40)52-47/h1-28H. The Morgan fingerprint density at radius 3 is 1.96 bits per heavy atom. The predicted octanol–water partition coefficient (Wildman–Crippen LogP) is 13.6. The number of oxazole rings is 1. The second-order valence-corrected chi connectivity index (χ2v) is 13.1. The second kappa shape index (κ2) is 11.2. The average Bonchev–Trinajstić information content (AvgIpc) is 3.91. The molecule has 0 amide bonds. The van der Waals surface area contributed by atoms with Crippen LogP contribution in [0.25, 0.3) is 88.3 Å². The minimum Gasteiger partial charge on any atom is -0.456 e. The molecule has 8 aromatic carbocycles. The molecule has 0 aliphatic rings. The number of rotatable bonds is 5. The van der Waals surface area contributed by atoms with E-state index in [4.69, 9.17) is 18.2 Å². The van der Waals surface area contributed by atoms with Crippen LogP contribution in [0.1, 0.15) is 0 Å². The summed E-state index contributed by atoms with van der Waals surface area (Å²) in [6.45, 7) is 0. The smallest absolute Gasteiger partial charge is 0.228 e. The lowest BCUT2D eigenvalue weighted by Gasteiger charge is -2.26. The first kappa shape index (κ1) is 28.7. The molecule has 11 rings (SSSR count). The fourth-order valence-electron chi connectivity index (χ4n) is 7.69. The number of furan rings is 2. The highest BCUT2D eigenvalue weighted by Crippen LogP contribution is 2.44. The Hall–Kier alpha value is -7.11. The highest BCUT2D eigenvalue weighted by atomic mass is 16.4. The quantitative estimate of drug-likeness (QED) is 0.183. The summed E-state index contributed by atoms with van der Waals surface area (Å²) in [5.74, 6) is 0.575. The lowest BCUT2D eigenvalue weighted by atomic mass is 9.97. The SMILES string of the molecule is c1ccc(-c2cccc3ccc(N(c4ccc5c(c4)oc4cccc(-c6nc7ccccc7o6)c45)c4ccc5oc6ccccc6c5c4)cc23)cc1. The third kappa shape index (κ3) is 4.46. The monoisotopic (exact) mass is 668 g/mol. The zero-order valence-electron chi connectivity index (χ0n) is 27.8. The van der Waals surface area contributed by atoms with Crippen LogP contribution in [-0.4, -0.2) is 4.98 Å². The highest BCUT2D eigenvalue weighted by molar-refractivity contribution is 6.13. The van der Waals surface area contributed by atoms with Crippen LogP contribution >= 0.6 is 0 Å². The summed E-state index contributed by atoms with van der Waals surface area (Å²) in [7, 11) is 0. The van der Waals surface area contributed by atoms with Crippen molar-refractivity contribution in [1.82, 2.24) is 4.98 Å². The molecular formula is C47H28N2O3. The molecule has 3 heterocycles. The van der Waals surface area contributed by atoms with Gasteiger partial charge in [0.2, 0.25) is 5.89 Å². The Labute approximate surface area is 297 Å². The Bertz CT molecular complexity index is 3120. The summed E-state index contributed by atoms with van der Waals surface area (Å²) in [5, 5.41) is 6.49. The van der Waals surface area contributed by atoms with Gasteiger partial charge in [0.05, 0.1) is 0 Å². The van der Waals surface area contributed by atoms with Gasteiger partial charge in [0, 0.05) is 50.2 Å². The van der Waals surface area contributed by atoms with E-state index in [-0.39, 0.29) is 0 Å². The molecule has 52 heavy (non-hydrogen) atoms. The van der Waals surface area contributed by atoms with Crippen molar-refractivity contribution < 1.29 is 13.3 Å². The Balaban J connectivity index is 1.13. The number of hydrogen-bond donors (Lipinski definition) is 0. The molecule has 0 radical (unpaired) electrons. The van der Waals surface area contributed by atoms with E-state index in [9.17, 15) is 0 Å². The van der Waals surface area contributed by atoms with Crippen LogP contribution < -0.4 is 4.90 Å². The Morgan fingerprint density at radius 2 is 1.06 bits per heavy atom. The maximum atomic E-state index is 6.60. The normalized spacial score (nSPS) is 11.8. The lowest BCUT2D eigenvalue weighted by molar-refractivity contribution is 0.620. The van der Waals surface area contributed by atoms with Crippen LogP contribution in [0.3, 0.4) is 0 Å². The van der Waals surface area contributed by atoms with Crippen LogP contribution in [0.2, 0.25) is 0 Å². The molecule has 0 aliphatic carbocycles. The topological polar surface area (TPSA) is 55.6 Å². The van der Waals surface area contributed by atoms with Crippen molar-refractivity contribution in [3.05, 3.63) is 170 Å². The van der Waals surface area contributed by atoms with Crippen LogP contribution in [0.5, 0.6) is 0 Å². The van der Waals surface area contributed by atoms with Crippen molar-refractivity contribution in [3.8, 4) is 22.6 Å². The maximum Gasteiger partial charge on any atom is 0.228 e. The summed E-state index contributed by atoms with van der Waals surface area (Å²) in [6, 6.07) is 58.8. The second-order valence-electron chi connectivity index (χ2n) is 13.1. The number of para-hydroxylation sites is 3. The van der Waals surface area contributed by atoms with Crippen molar-refractivity contribution in [3.63, 3.8) is 0 Å². The van der Waals surface area contributed by atoms with Gasteiger partial charge in [0.15, 0.2) is 5.58 Å². The number of benzene rings is 8. The van der Waals surface area contributed by atoms with Gasteiger partial charge in [-0.05, 0) is 94.7 Å². The van der Waals surface area contributed by atoms with Crippen LogP contribution in [0, 0.1) is 0 Å². The molecule has 3 aromatic heterocycles. The van der Waals surface area contributed by atoms with Gasteiger partial charge in [-0.1, -0.05) is 91.0 Å². The number of anilines is 3. The molecular weight excluding hydrogens is 641 g/mol. The summed E-state index contributed by atoms with van der Waals surface area (Å²) >= 11 is 0. The molecule has 0 saturated carbocycles. The molecule has 0 saturated heterocycles. The van der Waals surface area contributed by atoms with E-state index in [0.717, 1.165) is 77.6 Å². The first-order valence-corrected chi connectivity index (χ1v) is 17.4. The van der Waals surface area contributed by atoms with Crippen LogP contribution in [0.4, 0.5) is 17.1 Å². The van der Waals surface area contributed by atoms with Crippen LogP contribution in [0.15, 0.2) is 183 Å². The largest absolute Gasteiger partial charge is 0.456 e. The lowest BCUT2D eigenvalue weighted by Crippen LogP contribution is -2.09. The number of fused-ring (bicyclic) bond motifs is 8. The first-order valence-electron chi connectivity index (χ1n) is 17.4. The van der Waals surface area contributed by atoms with E-state index < -0.39 is 0 Å². The fraction of sp³-hybridized carbons (Fsp3) is 0. The third-order valence-corrected chi connectivity index (χ3v) is 10.1. The number of nitrogens with zero attached hydrogens (tertiary/aromatic N) is 2. The van der Waals surface area contributed by atoms with E-state index in [2.05, 4.69) is 120 Å². The van der Waals surface area contributed by atoms with E-state index in [0.29, 0.717) is 5.89 Å². The van der Waals surface area contributed by atoms with Gasteiger partial charge in [-0.2, -0.15) is 0 Å². The van der Waals surface area contributed by atoms with Crippen molar-refractivity contribution >= 4 is 82.8 Å². The Morgan fingerprint density at radius 1 is 0.385 bits per heavy atom. The zero-order chi connectivity index (χ0) is 34.2. The first-order chi connectivity index (χ1) is 25.7. The summed E-state index contributed by atoms with van der Waals surface area (Å²) in [4.78, 5) is 7.12. The highest BCUT2D eigenvalue weighted by Gasteiger charge is 2.21. The predicted molar refractivity (Wildman–Crippen MR) is 212 cm³/mol. The Kier molecular flexibility index (Phi) is 6.18. The zero-order valence-corrected chi connectivity index (χ0v) is 27.8. The van der Waals surface area contributed by atoms with Gasteiger partial charge < -0.3 is 18.2 Å². The molecule has 5 heteroatoms.